The van der Waals surface area contributed by atoms with Gasteiger partial charge in [-0.3, -0.25) is 4.98 Å². The van der Waals surface area contributed by atoms with Crippen LogP contribution in [0.3, 0.4) is 0 Å². The van der Waals surface area contributed by atoms with E-state index in [1.807, 2.05) is 25.4 Å². The molecule has 0 radical (unpaired) electrons. The topological polar surface area (TPSA) is 53.6 Å². The van der Waals surface area contributed by atoms with Crippen LogP contribution in [0.5, 0.6) is 0 Å². The number of aromatic amines is 1. The van der Waals surface area contributed by atoms with Crippen LogP contribution < -0.4 is 5.32 Å². The van der Waals surface area contributed by atoms with Crippen LogP contribution in [0.2, 0.25) is 0 Å². The van der Waals surface area contributed by atoms with Crippen molar-refractivity contribution >= 4 is 0 Å². The van der Waals surface area contributed by atoms with Crippen molar-refractivity contribution in [1.29, 1.82) is 0 Å². The summed E-state index contributed by atoms with van der Waals surface area (Å²) in [5.74, 6) is 0.950. The summed E-state index contributed by atoms with van der Waals surface area (Å²) < 4.78 is 0. The molecule has 0 aromatic carbocycles. The maximum atomic E-state index is 4.16. The van der Waals surface area contributed by atoms with Crippen LogP contribution in [-0.4, -0.2) is 15.0 Å². The Labute approximate surface area is 95.1 Å². The largest absolute Gasteiger partial charge is 0.345 e. The van der Waals surface area contributed by atoms with Crippen molar-refractivity contribution in [3.8, 4) is 0 Å². The van der Waals surface area contributed by atoms with Crippen LogP contribution in [0, 0.1) is 6.92 Å². The number of hydrogen-bond acceptors (Lipinski definition) is 3. The fraction of sp³-hybridized carbons (Fsp3) is 0.333. The van der Waals surface area contributed by atoms with Gasteiger partial charge < -0.3 is 10.3 Å². The molecule has 0 spiro atoms. The van der Waals surface area contributed by atoms with Crippen molar-refractivity contribution in [2.45, 2.75) is 26.4 Å². The van der Waals surface area contributed by atoms with E-state index in [-0.39, 0.29) is 6.04 Å². The van der Waals surface area contributed by atoms with Crippen LogP contribution in [0.25, 0.3) is 0 Å². The SMILES string of the molecule is Cc1ncc(CN[C@@H](C)c2cccnc2)[nH]1. The second-order valence-corrected chi connectivity index (χ2v) is 3.88. The van der Waals surface area contributed by atoms with E-state index in [4.69, 9.17) is 0 Å². The van der Waals surface area contributed by atoms with Gasteiger partial charge in [0, 0.05) is 36.9 Å². The summed E-state index contributed by atoms with van der Waals surface area (Å²) in [7, 11) is 0. The normalized spacial score (nSPS) is 12.6. The average molecular weight is 216 g/mol. The first-order chi connectivity index (χ1) is 7.75. The van der Waals surface area contributed by atoms with Gasteiger partial charge in [-0.25, -0.2) is 4.98 Å². The van der Waals surface area contributed by atoms with Gasteiger partial charge in [0.1, 0.15) is 5.82 Å². The maximum absolute atomic E-state index is 4.16. The van der Waals surface area contributed by atoms with Gasteiger partial charge in [0.15, 0.2) is 0 Å². The first kappa shape index (κ1) is 10.8. The second kappa shape index (κ2) is 4.90. The molecule has 2 N–H and O–H groups in total. The zero-order valence-electron chi connectivity index (χ0n) is 9.57. The Morgan fingerprint density at radius 1 is 1.44 bits per heavy atom. The van der Waals surface area contributed by atoms with Crippen LogP contribution in [0.15, 0.2) is 30.7 Å². The highest BCUT2D eigenvalue weighted by Gasteiger charge is 2.04. The zero-order valence-corrected chi connectivity index (χ0v) is 9.57. The summed E-state index contributed by atoms with van der Waals surface area (Å²) in [6, 6.07) is 4.31. The standard InChI is InChI=1S/C12H16N4/c1-9(11-4-3-5-13-6-11)14-7-12-8-15-10(2)16-12/h3-6,8-9,14H,7H2,1-2H3,(H,15,16)/t9-/m0/s1. The molecule has 0 saturated carbocycles. The molecular formula is C12H16N4. The second-order valence-electron chi connectivity index (χ2n) is 3.88. The van der Waals surface area contributed by atoms with Crippen molar-refractivity contribution in [2.24, 2.45) is 0 Å². The molecule has 1 atom stereocenters. The highest BCUT2D eigenvalue weighted by Crippen LogP contribution is 2.10. The lowest BCUT2D eigenvalue weighted by atomic mass is 10.1. The molecule has 0 aliphatic carbocycles. The molecule has 16 heavy (non-hydrogen) atoms. The molecule has 0 aliphatic heterocycles. The first-order valence-electron chi connectivity index (χ1n) is 5.39. The lowest BCUT2D eigenvalue weighted by Crippen LogP contribution is -2.18. The van der Waals surface area contributed by atoms with Crippen molar-refractivity contribution in [3.63, 3.8) is 0 Å². The van der Waals surface area contributed by atoms with Gasteiger partial charge in [0.25, 0.3) is 0 Å². The minimum Gasteiger partial charge on any atom is -0.345 e. The Morgan fingerprint density at radius 2 is 2.31 bits per heavy atom. The fourth-order valence-electron chi connectivity index (χ4n) is 1.57. The van der Waals surface area contributed by atoms with Crippen molar-refractivity contribution in [2.75, 3.05) is 0 Å². The summed E-state index contributed by atoms with van der Waals surface area (Å²) in [6.07, 6.45) is 5.53. The number of rotatable bonds is 4. The van der Waals surface area contributed by atoms with Gasteiger partial charge in [0.05, 0.1) is 0 Å². The van der Waals surface area contributed by atoms with Gasteiger partial charge >= 0.3 is 0 Å². The van der Waals surface area contributed by atoms with Crippen molar-refractivity contribution in [1.82, 2.24) is 20.3 Å². The van der Waals surface area contributed by atoms with E-state index in [0.29, 0.717) is 0 Å². The maximum Gasteiger partial charge on any atom is 0.103 e. The third kappa shape index (κ3) is 2.67. The lowest BCUT2D eigenvalue weighted by Gasteiger charge is -2.12. The third-order valence-corrected chi connectivity index (χ3v) is 2.54. The predicted molar refractivity (Wildman–Crippen MR) is 62.8 cm³/mol. The summed E-state index contributed by atoms with van der Waals surface area (Å²) in [6.45, 7) is 4.87. The molecule has 0 amide bonds. The third-order valence-electron chi connectivity index (χ3n) is 2.54. The van der Waals surface area contributed by atoms with Gasteiger partial charge in [-0.05, 0) is 25.5 Å². The number of nitrogens with one attached hydrogen (secondary N) is 2. The van der Waals surface area contributed by atoms with Gasteiger partial charge in [-0.1, -0.05) is 6.07 Å². The zero-order chi connectivity index (χ0) is 11.4. The Hall–Kier alpha value is -1.68. The van der Waals surface area contributed by atoms with Gasteiger partial charge in [0.2, 0.25) is 0 Å². The first-order valence-corrected chi connectivity index (χ1v) is 5.39. The van der Waals surface area contributed by atoms with Crippen LogP contribution in [0.4, 0.5) is 0 Å². The number of H-pyrrole nitrogens is 1. The molecule has 0 saturated heterocycles. The van der Waals surface area contributed by atoms with Crippen LogP contribution in [0.1, 0.15) is 30.0 Å². The van der Waals surface area contributed by atoms with Crippen molar-refractivity contribution in [3.05, 3.63) is 47.8 Å². The van der Waals surface area contributed by atoms with Gasteiger partial charge in [-0.2, -0.15) is 0 Å². The van der Waals surface area contributed by atoms with E-state index in [0.717, 1.165) is 18.1 Å². The smallest absolute Gasteiger partial charge is 0.103 e. The molecule has 0 fully saturated rings. The number of nitrogens with zero attached hydrogens (tertiary/aromatic N) is 2. The van der Waals surface area contributed by atoms with E-state index < -0.39 is 0 Å². The number of hydrogen-bond donors (Lipinski definition) is 2. The number of aryl methyl sites for hydroxylation is 1. The lowest BCUT2D eigenvalue weighted by molar-refractivity contribution is 0.567. The number of imidazole rings is 1. The molecular weight excluding hydrogens is 200 g/mol. The minimum absolute atomic E-state index is 0.289. The van der Waals surface area contributed by atoms with E-state index in [1.54, 1.807) is 6.20 Å². The predicted octanol–water partition coefficient (Wildman–Crippen LogP) is 1.96. The van der Waals surface area contributed by atoms with Crippen LogP contribution in [-0.2, 0) is 6.54 Å². The highest BCUT2D eigenvalue weighted by molar-refractivity contribution is 5.13. The van der Waals surface area contributed by atoms with E-state index in [1.165, 1.54) is 5.56 Å². The Morgan fingerprint density at radius 3 is 2.94 bits per heavy atom. The Kier molecular flexibility index (Phi) is 3.31. The summed E-state index contributed by atoms with van der Waals surface area (Å²) in [4.78, 5) is 11.5. The molecule has 2 aromatic heterocycles. The van der Waals surface area contributed by atoms with E-state index in [9.17, 15) is 0 Å². The minimum atomic E-state index is 0.289. The fourth-order valence-corrected chi connectivity index (χ4v) is 1.57. The molecule has 2 aromatic rings. The summed E-state index contributed by atoms with van der Waals surface area (Å²) in [5, 5.41) is 3.42. The van der Waals surface area contributed by atoms with Gasteiger partial charge in [-0.15, -0.1) is 0 Å². The van der Waals surface area contributed by atoms with E-state index >= 15 is 0 Å². The summed E-state index contributed by atoms with van der Waals surface area (Å²) in [5.41, 5.74) is 2.30. The Bertz CT molecular complexity index is 435. The number of aromatic nitrogens is 3. The molecule has 0 aliphatic rings. The quantitative estimate of drug-likeness (QED) is 0.821. The van der Waals surface area contributed by atoms with E-state index in [2.05, 4.69) is 33.3 Å². The molecule has 0 bridgehead atoms. The molecule has 2 heterocycles. The highest BCUT2D eigenvalue weighted by atomic mass is 15.0. The molecule has 84 valence electrons. The molecule has 0 unspecified atom stereocenters. The van der Waals surface area contributed by atoms with Crippen molar-refractivity contribution < 1.29 is 0 Å². The average Bonchev–Trinajstić information content (AvgIpc) is 2.73. The monoisotopic (exact) mass is 216 g/mol. The molecule has 4 heteroatoms. The van der Waals surface area contributed by atoms with Crippen LogP contribution >= 0.6 is 0 Å². The summed E-state index contributed by atoms with van der Waals surface area (Å²) >= 11 is 0. The number of pyridine rings is 1. The Balaban J connectivity index is 1.91. The molecule has 2 rings (SSSR count). The molecule has 4 nitrogen and oxygen atoms in total.